The Labute approximate surface area is 182 Å². The van der Waals surface area contributed by atoms with Crippen LogP contribution in [0.15, 0.2) is 30.5 Å². The molecule has 0 aliphatic carbocycles. The summed E-state index contributed by atoms with van der Waals surface area (Å²) in [5.74, 6) is -5.07. The number of anilines is 1. The first-order valence-corrected chi connectivity index (χ1v) is 9.74. The Morgan fingerprint density at radius 2 is 1.84 bits per heavy atom. The number of pyridine rings is 2. The molecule has 0 spiro atoms. The van der Waals surface area contributed by atoms with Gasteiger partial charge >= 0.3 is 12.3 Å². The molecule has 174 valence electrons. The molecule has 2 amide bonds. The van der Waals surface area contributed by atoms with E-state index in [9.17, 15) is 27.2 Å². The monoisotopic (exact) mass is 456 g/mol. The van der Waals surface area contributed by atoms with Crippen molar-refractivity contribution in [3.8, 4) is 5.75 Å². The molecule has 0 aliphatic heterocycles. The van der Waals surface area contributed by atoms with Crippen LogP contribution in [0.3, 0.4) is 0 Å². The predicted octanol–water partition coefficient (Wildman–Crippen LogP) is 4.15. The van der Waals surface area contributed by atoms with Gasteiger partial charge in [0.05, 0.1) is 12.2 Å². The molecule has 2 aromatic rings. The zero-order chi connectivity index (χ0) is 24.1. The summed E-state index contributed by atoms with van der Waals surface area (Å²) in [6, 6.07) is 5.34. The Kier molecular flexibility index (Phi) is 8.12. The van der Waals surface area contributed by atoms with E-state index in [1.807, 2.05) is 0 Å². The van der Waals surface area contributed by atoms with Gasteiger partial charge in [-0.1, -0.05) is 13.8 Å². The Hall–Kier alpha value is -3.24. The van der Waals surface area contributed by atoms with Crippen molar-refractivity contribution in [1.29, 1.82) is 0 Å². The fraction of sp³-hybridized carbons (Fsp3) is 0.429. The Balaban J connectivity index is 2.03. The van der Waals surface area contributed by atoms with E-state index < -0.39 is 30.9 Å². The van der Waals surface area contributed by atoms with Gasteiger partial charge in [0.25, 0.3) is 5.91 Å². The molecule has 0 saturated carbocycles. The third-order valence-electron chi connectivity index (χ3n) is 4.32. The van der Waals surface area contributed by atoms with E-state index in [0.29, 0.717) is 17.1 Å². The molecular weight excluding hydrogens is 432 g/mol. The van der Waals surface area contributed by atoms with Crippen molar-refractivity contribution >= 4 is 17.6 Å². The second-order valence-electron chi connectivity index (χ2n) is 7.50. The van der Waals surface area contributed by atoms with E-state index in [4.69, 9.17) is 0 Å². The van der Waals surface area contributed by atoms with Crippen LogP contribution >= 0.6 is 0 Å². The quantitative estimate of drug-likeness (QED) is 0.553. The highest BCUT2D eigenvalue weighted by Gasteiger charge is 2.41. The second kappa shape index (κ2) is 10.4. The number of alkyl halides is 4. The van der Waals surface area contributed by atoms with Crippen molar-refractivity contribution < 1.29 is 31.9 Å². The van der Waals surface area contributed by atoms with Crippen molar-refractivity contribution in [2.75, 3.05) is 11.9 Å². The number of rotatable bonds is 9. The number of aromatic nitrogens is 2. The van der Waals surface area contributed by atoms with Crippen LogP contribution in [0.25, 0.3) is 0 Å². The lowest BCUT2D eigenvalue weighted by molar-refractivity contribution is -0.148. The SMILES string of the molecule is Cc1cc(C(C)NC(=O)c2ccc(OCC(F)(F)C(F)F)cn2)cc(NC(=O)C(C)C)n1. The van der Waals surface area contributed by atoms with Crippen LogP contribution in [0.4, 0.5) is 23.4 Å². The van der Waals surface area contributed by atoms with Crippen LogP contribution in [0, 0.1) is 12.8 Å². The van der Waals surface area contributed by atoms with E-state index in [1.165, 1.54) is 12.1 Å². The number of amides is 2. The van der Waals surface area contributed by atoms with E-state index >= 15 is 0 Å². The highest BCUT2D eigenvalue weighted by atomic mass is 19.3. The lowest BCUT2D eigenvalue weighted by Crippen LogP contribution is -2.33. The maximum atomic E-state index is 12.9. The van der Waals surface area contributed by atoms with Gasteiger partial charge in [0.2, 0.25) is 5.91 Å². The van der Waals surface area contributed by atoms with Crippen LogP contribution in [-0.2, 0) is 4.79 Å². The molecule has 0 aromatic carbocycles. The summed E-state index contributed by atoms with van der Waals surface area (Å²) in [6.07, 6.45) is -2.85. The van der Waals surface area contributed by atoms with Gasteiger partial charge in [0, 0.05) is 11.6 Å². The molecule has 2 heterocycles. The fourth-order valence-electron chi connectivity index (χ4n) is 2.48. The van der Waals surface area contributed by atoms with E-state index in [-0.39, 0.29) is 23.3 Å². The summed E-state index contributed by atoms with van der Waals surface area (Å²) in [6.45, 7) is 5.47. The number of carbonyl (C=O) groups excluding carboxylic acids is 2. The smallest absolute Gasteiger partial charge is 0.340 e. The van der Waals surface area contributed by atoms with Crippen molar-refractivity contribution in [3.05, 3.63) is 47.4 Å². The molecule has 0 aliphatic rings. The predicted molar refractivity (Wildman–Crippen MR) is 109 cm³/mol. The zero-order valence-corrected chi connectivity index (χ0v) is 18.0. The molecule has 2 N–H and O–H groups in total. The average molecular weight is 456 g/mol. The Morgan fingerprint density at radius 1 is 1.16 bits per heavy atom. The first-order chi connectivity index (χ1) is 14.9. The molecule has 1 unspecified atom stereocenters. The first kappa shape index (κ1) is 25.0. The lowest BCUT2D eigenvalue weighted by Gasteiger charge is -2.17. The summed E-state index contributed by atoms with van der Waals surface area (Å²) in [5, 5.41) is 5.44. The highest BCUT2D eigenvalue weighted by Crippen LogP contribution is 2.24. The van der Waals surface area contributed by atoms with Gasteiger partial charge in [-0.25, -0.2) is 18.7 Å². The summed E-state index contributed by atoms with van der Waals surface area (Å²) in [4.78, 5) is 32.5. The minimum absolute atomic E-state index is 0.0241. The van der Waals surface area contributed by atoms with Crippen LogP contribution in [0.5, 0.6) is 5.75 Å². The summed E-state index contributed by atoms with van der Waals surface area (Å²) in [7, 11) is 0. The first-order valence-electron chi connectivity index (χ1n) is 9.74. The molecule has 1 atom stereocenters. The number of aryl methyl sites for hydroxylation is 1. The summed E-state index contributed by atoms with van der Waals surface area (Å²) in [5.41, 5.74) is 1.31. The molecular formula is C21H24F4N4O3. The molecule has 32 heavy (non-hydrogen) atoms. The number of hydrogen-bond donors (Lipinski definition) is 2. The Bertz CT molecular complexity index is 953. The fourth-order valence-corrected chi connectivity index (χ4v) is 2.48. The second-order valence-corrected chi connectivity index (χ2v) is 7.50. The van der Waals surface area contributed by atoms with Crippen LogP contribution in [-0.4, -0.2) is 40.7 Å². The lowest BCUT2D eigenvalue weighted by atomic mass is 10.1. The normalized spacial score (nSPS) is 12.6. The van der Waals surface area contributed by atoms with E-state index in [2.05, 4.69) is 25.3 Å². The van der Waals surface area contributed by atoms with Crippen LogP contribution < -0.4 is 15.4 Å². The highest BCUT2D eigenvalue weighted by molar-refractivity contribution is 5.93. The zero-order valence-electron chi connectivity index (χ0n) is 18.0. The minimum Gasteiger partial charge on any atom is -0.485 e. The van der Waals surface area contributed by atoms with Gasteiger partial charge in [-0.15, -0.1) is 0 Å². The molecule has 0 radical (unpaired) electrons. The molecule has 2 rings (SSSR count). The van der Waals surface area contributed by atoms with Crippen LogP contribution in [0.2, 0.25) is 0 Å². The van der Waals surface area contributed by atoms with Crippen molar-refractivity contribution in [2.45, 2.75) is 46.1 Å². The number of nitrogens with zero attached hydrogens (tertiary/aromatic N) is 2. The number of ether oxygens (including phenoxy) is 1. The molecule has 0 saturated heterocycles. The van der Waals surface area contributed by atoms with Gasteiger partial charge in [-0.05, 0) is 43.7 Å². The molecule has 7 nitrogen and oxygen atoms in total. The number of carbonyl (C=O) groups is 2. The topological polar surface area (TPSA) is 93.2 Å². The maximum absolute atomic E-state index is 12.9. The van der Waals surface area contributed by atoms with Gasteiger partial charge in [-0.2, -0.15) is 8.78 Å². The average Bonchev–Trinajstić information content (AvgIpc) is 2.72. The van der Waals surface area contributed by atoms with Crippen molar-refractivity contribution in [2.24, 2.45) is 5.92 Å². The minimum atomic E-state index is -4.29. The molecule has 0 fully saturated rings. The van der Waals surface area contributed by atoms with Crippen LogP contribution in [0.1, 0.15) is 48.6 Å². The van der Waals surface area contributed by atoms with Gasteiger partial charge in [0.15, 0.2) is 6.61 Å². The van der Waals surface area contributed by atoms with E-state index in [0.717, 1.165) is 6.20 Å². The number of halogens is 4. The number of nitrogens with one attached hydrogen (secondary N) is 2. The van der Waals surface area contributed by atoms with Gasteiger partial charge in [-0.3, -0.25) is 9.59 Å². The molecule has 0 bridgehead atoms. The molecule has 11 heteroatoms. The van der Waals surface area contributed by atoms with E-state index in [1.54, 1.807) is 39.8 Å². The summed E-state index contributed by atoms with van der Waals surface area (Å²) < 4.78 is 54.8. The standard InChI is InChI=1S/C21H24F4N4O3/c1-11(2)18(30)29-17-8-14(7-12(3)27-17)13(4)28-19(31)16-6-5-15(9-26-16)32-10-21(24,25)20(22)23/h5-9,11,13,20H,10H2,1-4H3,(H,28,31)(H,27,29,30). The third kappa shape index (κ3) is 6.89. The van der Waals surface area contributed by atoms with Crippen molar-refractivity contribution in [3.63, 3.8) is 0 Å². The van der Waals surface area contributed by atoms with Crippen molar-refractivity contribution in [1.82, 2.24) is 15.3 Å². The maximum Gasteiger partial charge on any atom is 0.340 e. The summed E-state index contributed by atoms with van der Waals surface area (Å²) >= 11 is 0. The number of hydrogen-bond acceptors (Lipinski definition) is 5. The van der Waals surface area contributed by atoms with Gasteiger partial charge in [0.1, 0.15) is 17.3 Å². The van der Waals surface area contributed by atoms with Gasteiger partial charge < -0.3 is 15.4 Å². The molecule has 2 aromatic heterocycles. The third-order valence-corrected chi connectivity index (χ3v) is 4.32. The Morgan fingerprint density at radius 3 is 2.41 bits per heavy atom. The largest absolute Gasteiger partial charge is 0.485 e.